The zero-order valence-corrected chi connectivity index (χ0v) is 24.8. The van der Waals surface area contributed by atoms with Gasteiger partial charge < -0.3 is 30.3 Å². The normalized spacial score (nSPS) is 13.8. The van der Waals surface area contributed by atoms with Crippen LogP contribution in [0.15, 0.2) is 47.1 Å². The maximum absolute atomic E-state index is 13.0. The van der Waals surface area contributed by atoms with Crippen LogP contribution in [0.25, 0.3) is 0 Å². The number of aliphatic carboxylic acids is 2. The second kappa shape index (κ2) is 18.1. The average Bonchev–Trinajstić information content (AvgIpc) is 3.46. The van der Waals surface area contributed by atoms with Gasteiger partial charge in [0.2, 0.25) is 5.91 Å². The molecule has 0 saturated carbocycles. The molecule has 4 N–H and O–H groups in total. The first kappa shape index (κ1) is 34.7. The summed E-state index contributed by atoms with van der Waals surface area (Å²) < 4.78 is 10.7. The van der Waals surface area contributed by atoms with Crippen molar-refractivity contribution in [3.8, 4) is 11.5 Å². The van der Waals surface area contributed by atoms with Gasteiger partial charge in [-0.3, -0.25) is 24.2 Å². The fourth-order valence-corrected chi connectivity index (χ4v) is 4.23. The molecule has 234 valence electrons. The van der Waals surface area contributed by atoms with Gasteiger partial charge >= 0.3 is 18.0 Å². The predicted molar refractivity (Wildman–Crippen MR) is 159 cm³/mol. The number of allylic oxidation sites excluding steroid dienone is 3. The summed E-state index contributed by atoms with van der Waals surface area (Å²) in [6, 6.07) is 3.57. The molecule has 43 heavy (non-hydrogen) atoms. The van der Waals surface area contributed by atoms with Gasteiger partial charge in [-0.2, -0.15) is 0 Å². The van der Waals surface area contributed by atoms with E-state index in [2.05, 4.69) is 41.6 Å². The molecule has 0 saturated heterocycles. The van der Waals surface area contributed by atoms with Crippen LogP contribution in [0.3, 0.4) is 0 Å². The number of ether oxygens (including phenoxy) is 2. The second-order valence-electron chi connectivity index (χ2n) is 10.5. The van der Waals surface area contributed by atoms with Gasteiger partial charge in [0.15, 0.2) is 17.3 Å². The van der Waals surface area contributed by atoms with Crippen molar-refractivity contribution in [2.45, 2.75) is 77.8 Å². The minimum Gasteiger partial charge on any atom is -0.493 e. The predicted octanol–water partition coefficient (Wildman–Crippen LogP) is 4.42. The number of Topliss-reactive ketones (excluding diaryl/α,β-unsaturated/α-hetero) is 1. The zero-order valence-electron chi connectivity index (χ0n) is 24.8. The third-order valence-corrected chi connectivity index (χ3v) is 6.49. The van der Waals surface area contributed by atoms with Crippen molar-refractivity contribution >= 4 is 35.9 Å². The monoisotopic (exact) mass is 599 g/mol. The molecule has 1 heterocycles. The smallest absolute Gasteiger partial charge is 0.413 e. The number of methoxy groups -OCH3 is 1. The number of aliphatic imine (C=N–C) groups is 1. The molecule has 0 bridgehead atoms. The Hall–Kier alpha value is -4.48. The molecule has 1 aliphatic rings. The number of rotatable bonds is 19. The standard InChI is InChI=1S/C31H41N3O9/c1-20(2)9-6-4-5-7-11-28(36)33-19-21-12-13-26(27(15-21)42-3)43-31(41)34-24(18-23-10-8-14-32-23)25(35)16-22(30(39)40)17-29(37)38/h6,9-10,12-15,20,22,24H,4-5,7-8,11,16-19H2,1-3H3,(H,33,36)(H,34,41)(H,37,38)(H,39,40)/b9-6+/t22-,24-/m0/s1. The minimum absolute atomic E-state index is 0.0196. The van der Waals surface area contributed by atoms with Crippen LogP contribution in [0, 0.1) is 11.8 Å². The molecule has 12 nitrogen and oxygen atoms in total. The number of amides is 2. The Morgan fingerprint density at radius 1 is 1.07 bits per heavy atom. The Morgan fingerprint density at radius 2 is 1.84 bits per heavy atom. The Kier molecular flexibility index (Phi) is 14.6. The Labute approximate surface area is 251 Å². The number of carbonyl (C=O) groups is 5. The van der Waals surface area contributed by atoms with E-state index in [0.29, 0.717) is 24.5 Å². The summed E-state index contributed by atoms with van der Waals surface area (Å²) in [5.74, 6) is -4.18. The molecule has 2 rings (SSSR count). The SMILES string of the molecule is COc1cc(CNC(=O)CCCC/C=C/C(C)C)ccc1OC(=O)N[C@@H](CC1=CCC=N1)C(=O)C[C@@H](CC(=O)O)C(=O)O. The minimum atomic E-state index is -1.45. The molecule has 1 aliphatic heterocycles. The van der Waals surface area contributed by atoms with Gasteiger partial charge in [-0.05, 0) is 42.9 Å². The number of unbranched alkanes of at least 4 members (excludes halogenated alkanes) is 2. The van der Waals surface area contributed by atoms with Crippen LogP contribution in [0.2, 0.25) is 0 Å². The number of benzene rings is 1. The van der Waals surface area contributed by atoms with E-state index < -0.39 is 48.6 Å². The van der Waals surface area contributed by atoms with Gasteiger partial charge in [-0.15, -0.1) is 0 Å². The molecule has 2 amide bonds. The van der Waals surface area contributed by atoms with Crippen molar-refractivity contribution in [1.82, 2.24) is 10.6 Å². The number of hydrogen-bond acceptors (Lipinski definition) is 8. The van der Waals surface area contributed by atoms with E-state index in [4.69, 9.17) is 14.6 Å². The van der Waals surface area contributed by atoms with Crippen LogP contribution in [0.1, 0.15) is 70.8 Å². The maximum atomic E-state index is 13.0. The van der Waals surface area contributed by atoms with Crippen LogP contribution in [0.5, 0.6) is 11.5 Å². The third kappa shape index (κ3) is 13.4. The lowest BCUT2D eigenvalue weighted by Gasteiger charge is -2.19. The van der Waals surface area contributed by atoms with E-state index >= 15 is 0 Å². The quantitative estimate of drug-likeness (QED) is 0.132. The molecule has 1 aromatic carbocycles. The topological polar surface area (TPSA) is 181 Å². The van der Waals surface area contributed by atoms with E-state index in [1.54, 1.807) is 24.4 Å². The summed E-state index contributed by atoms with van der Waals surface area (Å²) >= 11 is 0. The summed E-state index contributed by atoms with van der Waals surface area (Å²) in [6.07, 6.45) is 8.93. The van der Waals surface area contributed by atoms with Crippen LogP contribution >= 0.6 is 0 Å². The van der Waals surface area contributed by atoms with Crippen LogP contribution in [-0.2, 0) is 25.7 Å². The highest BCUT2D eigenvalue weighted by molar-refractivity contribution is 5.92. The second-order valence-corrected chi connectivity index (χ2v) is 10.5. The Balaban J connectivity index is 1.98. The lowest BCUT2D eigenvalue weighted by molar-refractivity contribution is -0.149. The van der Waals surface area contributed by atoms with Crippen LogP contribution in [-0.4, -0.2) is 59.3 Å². The largest absolute Gasteiger partial charge is 0.493 e. The summed E-state index contributed by atoms with van der Waals surface area (Å²) in [5, 5.41) is 23.7. The first-order valence-electron chi connectivity index (χ1n) is 14.3. The summed E-state index contributed by atoms with van der Waals surface area (Å²) in [7, 11) is 1.39. The number of nitrogens with zero attached hydrogens (tertiary/aromatic N) is 1. The summed E-state index contributed by atoms with van der Waals surface area (Å²) in [4.78, 5) is 64.7. The average molecular weight is 600 g/mol. The molecule has 1 aromatic rings. The fraction of sp³-hybridized carbons (Fsp3) is 0.484. The van der Waals surface area contributed by atoms with E-state index in [1.807, 2.05) is 0 Å². The molecule has 0 spiro atoms. The highest BCUT2D eigenvalue weighted by atomic mass is 16.6. The van der Waals surface area contributed by atoms with Crippen LogP contribution < -0.4 is 20.1 Å². The molecule has 0 aliphatic carbocycles. The summed E-state index contributed by atoms with van der Waals surface area (Å²) in [5.41, 5.74) is 1.24. The van der Waals surface area contributed by atoms with Crippen molar-refractivity contribution in [3.63, 3.8) is 0 Å². The number of nitrogens with one attached hydrogen (secondary N) is 2. The van der Waals surface area contributed by atoms with Crippen molar-refractivity contribution in [3.05, 3.63) is 47.7 Å². The summed E-state index contributed by atoms with van der Waals surface area (Å²) in [6.45, 7) is 4.48. The number of carboxylic acid groups (broad SMARTS) is 2. The van der Waals surface area contributed by atoms with Crippen molar-refractivity contribution in [2.75, 3.05) is 7.11 Å². The van der Waals surface area contributed by atoms with Gasteiger partial charge in [0.1, 0.15) is 0 Å². The van der Waals surface area contributed by atoms with E-state index in [0.717, 1.165) is 24.8 Å². The van der Waals surface area contributed by atoms with E-state index in [1.165, 1.54) is 13.2 Å². The van der Waals surface area contributed by atoms with E-state index in [9.17, 15) is 29.1 Å². The Bertz CT molecular complexity index is 1240. The van der Waals surface area contributed by atoms with E-state index in [-0.39, 0.29) is 30.4 Å². The Morgan fingerprint density at radius 3 is 2.47 bits per heavy atom. The van der Waals surface area contributed by atoms with Crippen molar-refractivity contribution in [1.29, 1.82) is 0 Å². The van der Waals surface area contributed by atoms with Crippen LogP contribution in [0.4, 0.5) is 4.79 Å². The van der Waals surface area contributed by atoms with Gasteiger partial charge in [-0.25, -0.2) is 4.79 Å². The molecule has 2 atom stereocenters. The lowest BCUT2D eigenvalue weighted by Crippen LogP contribution is -2.43. The van der Waals surface area contributed by atoms with Gasteiger partial charge in [-0.1, -0.05) is 38.1 Å². The molecule has 0 fully saturated rings. The molecular formula is C31H41N3O9. The first-order chi connectivity index (χ1) is 20.5. The molecule has 0 aromatic heterocycles. The number of ketones is 1. The highest BCUT2D eigenvalue weighted by Crippen LogP contribution is 2.28. The molecule has 0 radical (unpaired) electrons. The lowest BCUT2D eigenvalue weighted by atomic mass is 9.94. The van der Waals surface area contributed by atoms with Gasteiger partial charge in [0.25, 0.3) is 0 Å². The number of carbonyl (C=O) groups excluding carboxylic acids is 3. The first-order valence-corrected chi connectivity index (χ1v) is 14.3. The number of carboxylic acids is 2. The van der Waals surface area contributed by atoms with Crippen molar-refractivity contribution in [2.24, 2.45) is 16.8 Å². The number of hydrogen-bond donors (Lipinski definition) is 4. The maximum Gasteiger partial charge on any atom is 0.413 e. The fourth-order valence-electron chi connectivity index (χ4n) is 4.23. The van der Waals surface area contributed by atoms with Gasteiger partial charge in [0, 0.05) is 44.1 Å². The highest BCUT2D eigenvalue weighted by Gasteiger charge is 2.30. The van der Waals surface area contributed by atoms with Gasteiger partial charge in [0.05, 0.1) is 25.5 Å². The zero-order chi connectivity index (χ0) is 31.8. The molecule has 12 heteroatoms. The molecule has 0 unspecified atom stereocenters. The molecular weight excluding hydrogens is 558 g/mol. The third-order valence-electron chi connectivity index (χ3n) is 6.49. The van der Waals surface area contributed by atoms with Crippen molar-refractivity contribution < 1.29 is 43.7 Å².